The lowest BCUT2D eigenvalue weighted by molar-refractivity contribution is 0.605. The molecule has 11 heavy (non-hydrogen) atoms. The molecule has 2 rings (SSSR count). The standard InChI is InChI=1S/C9H12Br2/c10-9(11)7-5-3-1-2-4-6-8(7)9/h3,5,7-8H,1-2,4,6H2/t7-,8+/m0/s1. The van der Waals surface area contributed by atoms with E-state index in [1.165, 1.54) is 25.7 Å². The van der Waals surface area contributed by atoms with Gasteiger partial charge in [0.05, 0.1) is 3.23 Å². The lowest BCUT2D eigenvalue weighted by Gasteiger charge is -1.99. The predicted octanol–water partition coefficient (Wildman–Crippen LogP) is 3.85. The number of fused-ring (bicyclic) bond motifs is 1. The highest BCUT2D eigenvalue weighted by Gasteiger charge is 2.59. The van der Waals surface area contributed by atoms with Gasteiger partial charge in [0, 0.05) is 5.92 Å². The molecule has 0 radical (unpaired) electrons. The molecule has 62 valence electrons. The fourth-order valence-corrected chi connectivity index (χ4v) is 3.63. The fourth-order valence-electron chi connectivity index (χ4n) is 1.92. The Labute approximate surface area is 84.7 Å². The maximum Gasteiger partial charge on any atom is 0.0905 e. The minimum absolute atomic E-state index is 0.265. The average Bonchev–Trinajstić information content (AvgIpc) is 2.29. The van der Waals surface area contributed by atoms with E-state index in [0.29, 0.717) is 0 Å². The van der Waals surface area contributed by atoms with Crippen LogP contribution >= 0.6 is 31.9 Å². The quantitative estimate of drug-likeness (QED) is 0.467. The molecular weight excluding hydrogens is 268 g/mol. The first-order valence-electron chi connectivity index (χ1n) is 4.27. The summed E-state index contributed by atoms with van der Waals surface area (Å²) in [5.41, 5.74) is 0. The van der Waals surface area contributed by atoms with Gasteiger partial charge >= 0.3 is 0 Å². The van der Waals surface area contributed by atoms with Gasteiger partial charge in [-0.15, -0.1) is 0 Å². The van der Waals surface area contributed by atoms with E-state index in [4.69, 9.17) is 0 Å². The van der Waals surface area contributed by atoms with Crippen molar-refractivity contribution in [2.24, 2.45) is 11.8 Å². The summed E-state index contributed by atoms with van der Waals surface area (Å²) in [6.45, 7) is 0. The topological polar surface area (TPSA) is 0 Å². The highest BCUT2D eigenvalue weighted by molar-refractivity contribution is 9.25. The summed E-state index contributed by atoms with van der Waals surface area (Å²) in [4.78, 5) is 0. The van der Waals surface area contributed by atoms with E-state index in [1.807, 2.05) is 0 Å². The summed E-state index contributed by atoms with van der Waals surface area (Å²) in [5, 5.41) is 0. The zero-order valence-corrected chi connectivity index (χ0v) is 9.57. The zero-order chi connectivity index (χ0) is 7.90. The van der Waals surface area contributed by atoms with Crippen LogP contribution in [0.4, 0.5) is 0 Å². The molecule has 0 nitrogen and oxygen atoms in total. The third-order valence-electron chi connectivity index (χ3n) is 2.74. The highest BCUT2D eigenvalue weighted by atomic mass is 79.9. The Hall–Kier alpha value is 0.700. The van der Waals surface area contributed by atoms with Gasteiger partial charge in [-0.25, -0.2) is 0 Å². The third-order valence-corrected chi connectivity index (χ3v) is 4.98. The Kier molecular flexibility index (Phi) is 2.17. The Morgan fingerprint density at radius 2 is 2.09 bits per heavy atom. The van der Waals surface area contributed by atoms with Crippen molar-refractivity contribution in [3.63, 3.8) is 0 Å². The summed E-state index contributed by atoms with van der Waals surface area (Å²) < 4.78 is 0.265. The van der Waals surface area contributed by atoms with Crippen LogP contribution in [0.3, 0.4) is 0 Å². The third kappa shape index (κ3) is 1.44. The normalized spacial score (nSPS) is 40.5. The van der Waals surface area contributed by atoms with Crippen molar-refractivity contribution in [3.05, 3.63) is 12.2 Å². The fraction of sp³-hybridized carbons (Fsp3) is 0.778. The first-order chi connectivity index (χ1) is 5.23. The summed E-state index contributed by atoms with van der Waals surface area (Å²) in [5.74, 6) is 1.60. The van der Waals surface area contributed by atoms with Gasteiger partial charge in [-0.3, -0.25) is 0 Å². The highest BCUT2D eigenvalue weighted by Crippen LogP contribution is 2.64. The lowest BCUT2D eigenvalue weighted by atomic mass is 10.1. The van der Waals surface area contributed by atoms with Crippen LogP contribution in [0.1, 0.15) is 25.7 Å². The summed E-state index contributed by atoms with van der Waals surface area (Å²) in [6.07, 6.45) is 10.1. The van der Waals surface area contributed by atoms with Crippen LogP contribution in [0.15, 0.2) is 12.2 Å². The van der Waals surface area contributed by atoms with Crippen molar-refractivity contribution in [1.29, 1.82) is 0 Å². The number of hydrogen-bond acceptors (Lipinski definition) is 0. The lowest BCUT2D eigenvalue weighted by Crippen LogP contribution is -1.88. The Bertz CT molecular complexity index is 184. The van der Waals surface area contributed by atoms with Gasteiger partial charge in [0.2, 0.25) is 0 Å². The molecule has 1 saturated carbocycles. The van der Waals surface area contributed by atoms with Crippen LogP contribution in [0, 0.1) is 11.8 Å². The van der Waals surface area contributed by atoms with E-state index < -0.39 is 0 Å². The average molecular weight is 280 g/mol. The Morgan fingerprint density at radius 1 is 1.27 bits per heavy atom. The van der Waals surface area contributed by atoms with Crippen LogP contribution in [0.25, 0.3) is 0 Å². The van der Waals surface area contributed by atoms with Crippen molar-refractivity contribution in [1.82, 2.24) is 0 Å². The van der Waals surface area contributed by atoms with E-state index in [-0.39, 0.29) is 3.23 Å². The molecule has 0 aromatic carbocycles. The Balaban J connectivity index is 2.07. The molecule has 0 aliphatic heterocycles. The van der Waals surface area contributed by atoms with Crippen molar-refractivity contribution in [3.8, 4) is 0 Å². The molecule has 1 fully saturated rings. The van der Waals surface area contributed by atoms with Gasteiger partial charge in [0.1, 0.15) is 0 Å². The van der Waals surface area contributed by atoms with Crippen LogP contribution in [-0.2, 0) is 0 Å². The van der Waals surface area contributed by atoms with E-state index in [9.17, 15) is 0 Å². The molecule has 0 spiro atoms. The maximum atomic E-state index is 3.71. The number of alkyl halides is 2. The molecule has 0 heterocycles. The predicted molar refractivity (Wildman–Crippen MR) is 55.2 cm³/mol. The van der Waals surface area contributed by atoms with E-state index in [0.717, 1.165) is 11.8 Å². The van der Waals surface area contributed by atoms with E-state index >= 15 is 0 Å². The molecule has 0 aromatic heterocycles. The van der Waals surface area contributed by atoms with Gasteiger partial charge in [-0.1, -0.05) is 50.4 Å². The number of halogens is 2. The van der Waals surface area contributed by atoms with Crippen molar-refractivity contribution >= 4 is 31.9 Å². The van der Waals surface area contributed by atoms with Gasteiger partial charge in [-0.05, 0) is 25.2 Å². The first kappa shape index (κ1) is 8.31. The molecule has 2 heteroatoms. The van der Waals surface area contributed by atoms with Crippen LogP contribution in [-0.4, -0.2) is 3.23 Å². The second-order valence-corrected chi connectivity index (χ2v) is 7.21. The molecule has 0 unspecified atom stereocenters. The molecule has 2 aliphatic carbocycles. The molecule has 2 aliphatic rings. The zero-order valence-electron chi connectivity index (χ0n) is 6.39. The number of rotatable bonds is 0. The smallest absolute Gasteiger partial charge is 0.0882 e. The molecule has 0 saturated heterocycles. The van der Waals surface area contributed by atoms with Gasteiger partial charge in [-0.2, -0.15) is 0 Å². The maximum absolute atomic E-state index is 3.71. The molecule has 0 bridgehead atoms. The van der Waals surface area contributed by atoms with Crippen LogP contribution in [0.5, 0.6) is 0 Å². The summed E-state index contributed by atoms with van der Waals surface area (Å²) in [7, 11) is 0. The van der Waals surface area contributed by atoms with Crippen LogP contribution in [0.2, 0.25) is 0 Å². The second-order valence-electron chi connectivity index (χ2n) is 3.52. The largest absolute Gasteiger partial charge is 0.0905 e. The summed E-state index contributed by atoms with van der Waals surface area (Å²) in [6, 6.07) is 0. The van der Waals surface area contributed by atoms with Crippen molar-refractivity contribution < 1.29 is 0 Å². The molecule has 0 amide bonds. The number of hydrogen-bond donors (Lipinski definition) is 0. The van der Waals surface area contributed by atoms with Crippen LogP contribution < -0.4 is 0 Å². The minimum atomic E-state index is 0.265. The van der Waals surface area contributed by atoms with Gasteiger partial charge in [0.25, 0.3) is 0 Å². The van der Waals surface area contributed by atoms with Gasteiger partial charge in [0.15, 0.2) is 0 Å². The minimum Gasteiger partial charge on any atom is -0.0882 e. The molecular formula is C9H12Br2. The van der Waals surface area contributed by atoms with Crippen molar-refractivity contribution in [2.45, 2.75) is 28.9 Å². The summed E-state index contributed by atoms with van der Waals surface area (Å²) >= 11 is 7.43. The van der Waals surface area contributed by atoms with Crippen molar-refractivity contribution in [2.75, 3.05) is 0 Å². The second kappa shape index (κ2) is 2.88. The number of allylic oxidation sites excluding steroid dienone is 2. The van der Waals surface area contributed by atoms with Gasteiger partial charge < -0.3 is 0 Å². The molecule has 0 aromatic rings. The first-order valence-corrected chi connectivity index (χ1v) is 5.86. The SMILES string of the molecule is BrC1(Br)[C@@H]2CCCCC=C[C@@H]21. The van der Waals surface area contributed by atoms with E-state index in [2.05, 4.69) is 44.0 Å². The Morgan fingerprint density at radius 3 is 2.91 bits per heavy atom. The monoisotopic (exact) mass is 278 g/mol. The molecule has 2 atom stereocenters. The molecule has 0 N–H and O–H groups in total. The van der Waals surface area contributed by atoms with E-state index in [1.54, 1.807) is 0 Å².